The van der Waals surface area contributed by atoms with Gasteiger partial charge in [-0.3, -0.25) is 14.7 Å². The van der Waals surface area contributed by atoms with Crippen LogP contribution < -0.4 is 0 Å². The molecule has 3 nitrogen and oxygen atoms in total. The first-order valence-corrected chi connectivity index (χ1v) is 6.86. The lowest BCUT2D eigenvalue weighted by atomic mass is 10.2. The minimum atomic E-state index is -0.0400. The number of amidine groups is 1. The van der Waals surface area contributed by atoms with Gasteiger partial charge in [-0.05, 0) is 45.7 Å². The molecule has 0 aromatic heterocycles. The topological polar surface area (TPSA) is 32.7 Å². The normalized spacial score (nSPS) is 11.2. The predicted molar refractivity (Wildman–Crippen MR) is 83.5 cm³/mol. The molecule has 0 spiro atoms. The number of hydrogen-bond acceptors (Lipinski definition) is 2. The Kier molecular flexibility index (Phi) is 5.99. The molecule has 0 N–H and O–H groups in total. The van der Waals surface area contributed by atoms with Crippen molar-refractivity contribution in [3.8, 4) is 11.8 Å². The lowest BCUT2D eigenvalue weighted by Crippen LogP contribution is -2.40. The second-order valence-electron chi connectivity index (χ2n) is 5.15. The van der Waals surface area contributed by atoms with Gasteiger partial charge in [0.25, 0.3) is 0 Å². The quantitative estimate of drug-likeness (QED) is 0.462. The summed E-state index contributed by atoms with van der Waals surface area (Å²) in [6, 6.07) is 9.83. The molecule has 1 aromatic carbocycles. The van der Waals surface area contributed by atoms with E-state index in [0.29, 0.717) is 5.84 Å². The first-order chi connectivity index (χ1) is 9.41. The molecular formula is C17H22N2O. The molecule has 1 rings (SSSR count). The number of amides is 1. The van der Waals surface area contributed by atoms with Crippen molar-refractivity contribution in [2.45, 2.75) is 46.7 Å². The van der Waals surface area contributed by atoms with Crippen molar-refractivity contribution >= 4 is 11.7 Å². The molecular weight excluding hydrogens is 248 g/mol. The summed E-state index contributed by atoms with van der Waals surface area (Å²) in [6.45, 7) is 9.41. The van der Waals surface area contributed by atoms with E-state index in [9.17, 15) is 4.79 Å². The van der Waals surface area contributed by atoms with Gasteiger partial charge in [-0.25, -0.2) is 0 Å². The summed E-state index contributed by atoms with van der Waals surface area (Å²) in [7, 11) is 0. The molecule has 3 heteroatoms. The third-order valence-electron chi connectivity index (χ3n) is 2.56. The van der Waals surface area contributed by atoms with Crippen molar-refractivity contribution in [2.75, 3.05) is 0 Å². The SMILES string of the molecule is CC(=O)N(C(C#Cc1ccccc1)=NC(C)C)C(C)C. The van der Waals surface area contributed by atoms with Gasteiger partial charge in [-0.1, -0.05) is 24.1 Å². The fraction of sp³-hybridized carbons (Fsp3) is 0.412. The van der Waals surface area contributed by atoms with Crippen molar-refractivity contribution in [3.63, 3.8) is 0 Å². The van der Waals surface area contributed by atoms with E-state index in [4.69, 9.17) is 0 Å². The van der Waals surface area contributed by atoms with Gasteiger partial charge in [-0.15, -0.1) is 0 Å². The highest BCUT2D eigenvalue weighted by Gasteiger charge is 2.18. The highest BCUT2D eigenvalue weighted by atomic mass is 16.2. The second kappa shape index (κ2) is 7.49. The largest absolute Gasteiger partial charge is 0.288 e. The summed E-state index contributed by atoms with van der Waals surface area (Å²) in [4.78, 5) is 17.9. The van der Waals surface area contributed by atoms with E-state index < -0.39 is 0 Å². The maximum absolute atomic E-state index is 11.8. The Balaban J connectivity index is 3.15. The van der Waals surface area contributed by atoms with Crippen LogP contribution >= 0.6 is 0 Å². The smallest absolute Gasteiger partial charge is 0.225 e. The molecule has 0 aliphatic heterocycles. The number of carbonyl (C=O) groups excluding carboxylic acids is 1. The minimum Gasteiger partial charge on any atom is -0.288 e. The van der Waals surface area contributed by atoms with Crippen LogP contribution in [-0.4, -0.2) is 28.7 Å². The minimum absolute atomic E-state index is 0.0371. The van der Waals surface area contributed by atoms with Gasteiger partial charge in [-0.2, -0.15) is 0 Å². The molecule has 1 aromatic rings. The Morgan fingerprint density at radius 1 is 1.15 bits per heavy atom. The van der Waals surface area contributed by atoms with E-state index in [1.165, 1.54) is 0 Å². The summed E-state index contributed by atoms with van der Waals surface area (Å²) in [5.41, 5.74) is 0.913. The van der Waals surface area contributed by atoms with Crippen molar-refractivity contribution in [1.82, 2.24) is 4.90 Å². The van der Waals surface area contributed by atoms with Gasteiger partial charge in [0.05, 0.1) is 0 Å². The Morgan fingerprint density at radius 2 is 1.75 bits per heavy atom. The van der Waals surface area contributed by atoms with Crippen molar-refractivity contribution < 1.29 is 4.79 Å². The van der Waals surface area contributed by atoms with Crippen LogP contribution in [0.2, 0.25) is 0 Å². The zero-order valence-electron chi connectivity index (χ0n) is 12.8. The Hall–Kier alpha value is -2.08. The molecule has 0 aliphatic carbocycles. The van der Waals surface area contributed by atoms with Gasteiger partial charge in [0.15, 0.2) is 5.84 Å². The van der Waals surface area contributed by atoms with Crippen LogP contribution in [-0.2, 0) is 4.79 Å². The Bertz CT molecular complexity index is 533. The van der Waals surface area contributed by atoms with Crippen LogP contribution in [0.25, 0.3) is 0 Å². The summed E-state index contributed by atoms with van der Waals surface area (Å²) >= 11 is 0. The molecule has 0 heterocycles. The van der Waals surface area contributed by atoms with Gasteiger partial charge >= 0.3 is 0 Å². The Morgan fingerprint density at radius 3 is 2.20 bits per heavy atom. The van der Waals surface area contributed by atoms with Gasteiger partial charge in [0.2, 0.25) is 5.91 Å². The fourth-order valence-electron chi connectivity index (χ4n) is 1.81. The highest BCUT2D eigenvalue weighted by Crippen LogP contribution is 2.04. The third-order valence-corrected chi connectivity index (χ3v) is 2.56. The molecule has 20 heavy (non-hydrogen) atoms. The van der Waals surface area contributed by atoms with Gasteiger partial charge in [0.1, 0.15) is 0 Å². The van der Waals surface area contributed by atoms with E-state index in [-0.39, 0.29) is 18.0 Å². The van der Waals surface area contributed by atoms with E-state index in [0.717, 1.165) is 5.56 Å². The maximum Gasteiger partial charge on any atom is 0.225 e. The van der Waals surface area contributed by atoms with E-state index in [1.54, 1.807) is 11.8 Å². The summed E-state index contributed by atoms with van der Waals surface area (Å²) < 4.78 is 0. The van der Waals surface area contributed by atoms with Crippen molar-refractivity contribution in [2.24, 2.45) is 4.99 Å². The molecule has 0 saturated heterocycles. The average Bonchev–Trinajstić information content (AvgIpc) is 2.35. The highest BCUT2D eigenvalue weighted by molar-refractivity contribution is 6.08. The summed E-state index contributed by atoms with van der Waals surface area (Å²) in [5, 5.41) is 0. The van der Waals surface area contributed by atoms with Crippen LogP contribution in [0.15, 0.2) is 35.3 Å². The zero-order chi connectivity index (χ0) is 15.1. The molecule has 0 unspecified atom stereocenters. The van der Waals surface area contributed by atoms with Gasteiger partial charge < -0.3 is 0 Å². The van der Waals surface area contributed by atoms with Crippen LogP contribution in [0.3, 0.4) is 0 Å². The third kappa shape index (κ3) is 4.89. The number of rotatable bonds is 2. The lowest BCUT2D eigenvalue weighted by Gasteiger charge is -2.24. The predicted octanol–water partition coefficient (Wildman–Crippen LogP) is 3.10. The zero-order valence-corrected chi connectivity index (χ0v) is 12.8. The maximum atomic E-state index is 11.8. The van der Waals surface area contributed by atoms with Crippen molar-refractivity contribution in [1.29, 1.82) is 0 Å². The van der Waals surface area contributed by atoms with E-state index in [2.05, 4.69) is 16.8 Å². The fourth-order valence-corrected chi connectivity index (χ4v) is 1.81. The molecule has 0 atom stereocenters. The monoisotopic (exact) mass is 270 g/mol. The molecule has 0 aliphatic rings. The second-order valence-corrected chi connectivity index (χ2v) is 5.15. The van der Waals surface area contributed by atoms with Gasteiger partial charge in [0, 0.05) is 24.6 Å². The van der Waals surface area contributed by atoms with Crippen LogP contribution in [0.4, 0.5) is 0 Å². The molecule has 106 valence electrons. The van der Waals surface area contributed by atoms with E-state index in [1.807, 2.05) is 58.0 Å². The van der Waals surface area contributed by atoms with Crippen LogP contribution in [0.5, 0.6) is 0 Å². The first-order valence-electron chi connectivity index (χ1n) is 6.86. The first kappa shape index (κ1) is 16.0. The molecule has 1 amide bonds. The number of benzene rings is 1. The number of nitrogens with zero attached hydrogens (tertiary/aromatic N) is 2. The van der Waals surface area contributed by atoms with Crippen molar-refractivity contribution in [3.05, 3.63) is 35.9 Å². The standard InChI is InChI=1S/C17H22N2O/c1-13(2)18-17(19(14(3)4)15(5)20)12-11-16-9-7-6-8-10-16/h6-10,13-14H,1-5H3. The molecule has 0 radical (unpaired) electrons. The van der Waals surface area contributed by atoms with Crippen LogP contribution in [0, 0.1) is 11.8 Å². The number of carbonyl (C=O) groups is 1. The number of hydrogen-bond donors (Lipinski definition) is 0. The molecule has 0 bridgehead atoms. The van der Waals surface area contributed by atoms with E-state index >= 15 is 0 Å². The molecule has 0 fully saturated rings. The average molecular weight is 270 g/mol. The Labute approximate surface area is 121 Å². The summed E-state index contributed by atoms with van der Waals surface area (Å²) in [5.74, 6) is 6.59. The number of aliphatic imine (C=N–C) groups is 1. The molecule has 0 saturated carbocycles. The summed E-state index contributed by atoms with van der Waals surface area (Å²) in [6.07, 6.45) is 0. The van der Waals surface area contributed by atoms with Crippen LogP contribution in [0.1, 0.15) is 40.2 Å². The lowest BCUT2D eigenvalue weighted by molar-refractivity contribution is -0.126.